The maximum absolute atomic E-state index is 11.9. The number of nitrogens with one attached hydrogen (secondary N) is 2. The number of hydrogen-bond donors (Lipinski definition) is 2. The Morgan fingerprint density at radius 2 is 2.05 bits per heavy atom. The number of carbonyl (C=O) groups is 1. The molecule has 1 aromatic rings. The zero-order valence-corrected chi connectivity index (χ0v) is 13.0. The number of carbonyl (C=O) groups excluding carboxylic acids is 1. The SMILES string of the molecule is CC(C)(Cc1ccccc1Cl)NC(=O)CNCC1CC1. The molecule has 0 saturated heterocycles. The van der Waals surface area contributed by atoms with Crippen LogP contribution in [-0.4, -0.2) is 24.5 Å². The molecule has 3 nitrogen and oxygen atoms in total. The van der Waals surface area contributed by atoms with Crippen LogP contribution in [0.4, 0.5) is 0 Å². The van der Waals surface area contributed by atoms with Gasteiger partial charge < -0.3 is 10.6 Å². The molecule has 0 spiro atoms. The molecule has 1 aliphatic rings. The van der Waals surface area contributed by atoms with Crippen LogP contribution in [0.2, 0.25) is 5.02 Å². The molecular weight excluding hydrogens is 272 g/mol. The highest BCUT2D eigenvalue weighted by Gasteiger charge is 2.23. The van der Waals surface area contributed by atoms with Crippen LogP contribution in [0.3, 0.4) is 0 Å². The van der Waals surface area contributed by atoms with Crippen LogP contribution in [0.15, 0.2) is 24.3 Å². The van der Waals surface area contributed by atoms with E-state index >= 15 is 0 Å². The van der Waals surface area contributed by atoms with E-state index in [0.29, 0.717) is 6.54 Å². The summed E-state index contributed by atoms with van der Waals surface area (Å²) in [5.41, 5.74) is 0.758. The summed E-state index contributed by atoms with van der Waals surface area (Å²) < 4.78 is 0. The Labute approximate surface area is 126 Å². The lowest BCUT2D eigenvalue weighted by Crippen LogP contribution is -2.48. The Balaban J connectivity index is 1.79. The zero-order chi connectivity index (χ0) is 14.6. The average Bonchev–Trinajstić information content (AvgIpc) is 3.15. The van der Waals surface area contributed by atoms with Crippen molar-refractivity contribution in [2.45, 2.75) is 38.6 Å². The lowest BCUT2D eigenvalue weighted by Gasteiger charge is -2.27. The summed E-state index contributed by atoms with van der Waals surface area (Å²) in [5, 5.41) is 7.02. The molecule has 20 heavy (non-hydrogen) atoms. The molecule has 0 unspecified atom stereocenters. The minimum Gasteiger partial charge on any atom is -0.350 e. The second-order valence-corrected chi connectivity index (χ2v) is 6.68. The molecule has 1 aromatic carbocycles. The van der Waals surface area contributed by atoms with E-state index < -0.39 is 0 Å². The summed E-state index contributed by atoms with van der Waals surface area (Å²) in [6.45, 7) is 5.39. The second kappa shape index (κ2) is 6.59. The van der Waals surface area contributed by atoms with Gasteiger partial charge in [0.15, 0.2) is 0 Å². The van der Waals surface area contributed by atoms with E-state index in [1.807, 2.05) is 38.1 Å². The molecule has 4 heteroatoms. The minimum absolute atomic E-state index is 0.0442. The van der Waals surface area contributed by atoms with Gasteiger partial charge in [-0.3, -0.25) is 4.79 Å². The van der Waals surface area contributed by atoms with Crippen molar-refractivity contribution in [3.8, 4) is 0 Å². The first-order valence-corrected chi connectivity index (χ1v) is 7.59. The fourth-order valence-corrected chi connectivity index (χ4v) is 2.50. The average molecular weight is 295 g/mol. The van der Waals surface area contributed by atoms with E-state index in [-0.39, 0.29) is 11.4 Å². The minimum atomic E-state index is -0.302. The van der Waals surface area contributed by atoms with Crippen molar-refractivity contribution in [3.63, 3.8) is 0 Å². The highest BCUT2D eigenvalue weighted by Crippen LogP contribution is 2.27. The van der Waals surface area contributed by atoms with E-state index in [1.54, 1.807) is 0 Å². The molecule has 0 atom stereocenters. The van der Waals surface area contributed by atoms with Crippen LogP contribution in [0.1, 0.15) is 32.3 Å². The van der Waals surface area contributed by atoms with E-state index in [9.17, 15) is 4.79 Å². The topological polar surface area (TPSA) is 41.1 Å². The summed E-state index contributed by atoms with van der Waals surface area (Å²) in [7, 11) is 0. The Bertz CT molecular complexity index is 469. The molecule has 0 bridgehead atoms. The third kappa shape index (κ3) is 5.14. The van der Waals surface area contributed by atoms with Gasteiger partial charge in [-0.15, -0.1) is 0 Å². The van der Waals surface area contributed by atoms with Gasteiger partial charge in [-0.2, -0.15) is 0 Å². The molecule has 0 aromatic heterocycles. The highest BCUT2D eigenvalue weighted by molar-refractivity contribution is 6.31. The third-order valence-electron chi connectivity index (χ3n) is 3.48. The Hall–Kier alpha value is -1.06. The van der Waals surface area contributed by atoms with Crippen LogP contribution < -0.4 is 10.6 Å². The van der Waals surface area contributed by atoms with Crippen LogP contribution in [0.25, 0.3) is 0 Å². The summed E-state index contributed by atoms with van der Waals surface area (Å²) in [5.74, 6) is 0.835. The Morgan fingerprint density at radius 3 is 2.70 bits per heavy atom. The van der Waals surface area contributed by atoms with Gasteiger partial charge in [0.05, 0.1) is 6.54 Å². The van der Waals surface area contributed by atoms with Gasteiger partial charge in [-0.1, -0.05) is 29.8 Å². The van der Waals surface area contributed by atoms with Crippen molar-refractivity contribution in [3.05, 3.63) is 34.9 Å². The van der Waals surface area contributed by atoms with E-state index in [4.69, 9.17) is 11.6 Å². The smallest absolute Gasteiger partial charge is 0.234 e. The van der Waals surface area contributed by atoms with Crippen LogP contribution in [-0.2, 0) is 11.2 Å². The number of benzene rings is 1. The van der Waals surface area contributed by atoms with Crippen molar-refractivity contribution in [2.75, 3.05) is 13.1 Å². The largest absolute Gasteiger partial charge is 0.350 e. The quantitative estimate of drug-likeness (QED) is 0.812. The van der Waals surface area contributed by atoms with Gasteiger partial charge in [-0.25, -0.2) is 0 Å². The van der Waals surface area contributed by atoms with Gasteiger partial charge >= 0.3 is 0 Å². The van der Waals surface area contributed by atoms with Gasteiger partial charge in [-0.05, 0) is 57.2 Å². The predicted molar refractivity (Wildman–Crippen MR) is 83.0 cm³/mol. The van der Waals surface area contributed by atoms with Gasteiger partial charge in [0.1, 0.15) is 0 Å². The highest BCUT2D eigenvalue weighted by atomic mass is 35.5. The van der Waals surface area contributed by atoms with Crippen molar-refractivity contribution in [1.82, 2.24) is 10.6 Å². The maximum atomic E-state index is 11.9. The van der Waals surface area contributed by atoms with E-state index in [2.05, 4.69) is 10.6 Å². The molecule has 1 amide bonds. The molecule has 2 rings (SSSR count). The first-order chi connectivity index (χ1) is 9.46. The number of hydrogen-bond acceptors (Lipinski definition) is 2. The van der Waals surface area contributed by atoms with Gasteiger partial charge in [0.2, 0.25) is 5.91 Å². The van der Waals surface area contributed by atoms with Crippen molar-refractivity contribution < 1.29 is 4.79 Å². The van der Waals surface area contributed by atoms with Crippen molar-refractivity contribution in [2.24, 2.45) is 5.92 Å². The number of amides is 1. The lowest BCUT2D eigenvalue weighted by atomic mass is 9.95. The lowest BCUT2D eigenvalue weighted by molar-refractivity contribution is -0.121. The maximum Gasteiger partial charge on any atom is 0.234 e. The van der Waals surface area contributed by atoms with Crippen LogP contribution >= 0.6 is 11.6 Å². The fraction of sp³-hybridized carbons (Fsp3) is 0.562. The third-order valence-corrected chi connectivity index (χ3v) is 3.85. The first kappa shape index (κ1) is 15.3. The molecule has 0 radical (unpaired) electrons. The van der Waals surface area contributed by atoms with Crippen molar-refractivity contribution >= 4 is 17.5 Å². The standard InChI is InChI=1S/C16H23ClN2O/c1-16(2,9-13-5-3-4-6-14(13)17)19-15(20)11-18-10-12-7-8-12/h3-6,12,18H,7-11H2,1-2H3,(H,19,20). The van der Waals surface area contributed by atoms with Crippen LogP contribution in [0.5, 0.6) is 0 Å². The summed E-state index contributed by atoms with van der Waals surface area (Å²) in [4.78, 5) is 11.9. The predicted octanol–water partition coefficient (Wildman–Crippen LogP) is 2.78. The number of rotatable bonds is 7. The van der Waals surface area contributed by atoms with Crippen LogP contribution in [0, 0.1) is 5.92 Å². The normalized spacial score (nSPS) is 15.2. The summed E-state index contributed by atoms with van der Waals surface area (Å²) in [6, 6.07) is 7.77. The molecule has 1 saturated carbocycles. The van der Waals surface area contributed by atoms with Gasteiger partial charge in [0.25, 0.3) is 0 Å². The van der Waals surface area contributed by atoms with E-state index in [1.165, 1.54) is 12.8 Å². The molecule has 2 N–H and O–H groups in total. The number of halogens is 1. The molecule has 1 fully saturated rings. The van der Waals surface area contributed by atoms with Gasteiger partial charge in [0, 0.05) is 10.6 Å². The monoisotopic (exact) mass is 294 g/mol. The summed E-state index contributed by atoms with van der Waals surface area (Å²) in [6.07, 6.45) is 3.32. The zero-order valence-electron chi connectivity index (χ0n) is 12.2. The molecule has 110 valence electrons. The molecular formula is C16H23ClN2O. The van der Waals surface area contributed by atoms with E-state index in [0.717, 1.165) is 29.5 Å². The van der Waals surface area contributed by atoms with Crippen molar-refractivity contribution in [1.29, 1.82) is 0 Å². The second-order valence-electron chi connectivity index (χ2n) is 6.27. The molecule has 0 heterocycles. The fourth-order valence-electron chi connectivity index (χ4n) is 2.30. The summed E-state index contributed by atoms with van der Waals surface area (Å²) >= 11 is 6.17. The Kier molecular flexibility index (Phi) is 5.06. The molecule has 1 aliphatic carbocycles. The Morgan fingerprint density at radius 1 is 1.35 bits per heavy atom. The first-order valence-electron chi connectivity index (χ1n) is 7.21. The molecule has 0 aliphatic heterocycles.